The van der Waals surface area contributed by atoms with Gasteiger partial charge in [-0.2, -0.15) is 0 Å². The number of rotatable bonds is 3. The van der Waals surface area contributed by atoms with Crippen LogP contribution >= 0.6 is 11.6 Å². The lowest BCUT2D eigenvalue weighted by Crippen LogP contribution is -2.58. The van der Waals surface area contributed by atoms with Crippen molar-refractivity contribution in [2.75, 3.05) is 6.54 Å². The number of nitrogens with one attached hydrogen (secondary N) is 1. The highest BCUT2D eigenvalue weighted by Gasteiger charge is 2.46. The van der Waals surface area contributed by atoms with Gasteiger partial charge in [-0.1, -0.05) is 54.1 Å². The van der Waals surface area contributed by atoms with Gasteiger partial charge in [-0.05, 0) is 36.1 Å². The first-order valence-electron chi connectivity index (χ1n) is 8.55. The quantitative estimate of drug-likeness (QED) is 0.921. The molecule has 2 bridgehead atoms. The summed E-state index contributed by atoms with van der Waals surface area (Å²) in [5.41, 5.74) is 1.83. The molecule has 4 nitrogen and oxygen atoms in total. The third-order valence-electron chi connectivity index (χ3n) is 5.15. The molecule has 2 heterocycles. The molecule has 2 saturated heterocycles. The van der Waals surface area contributed by atoms with E-state index < -0.39 is 5.92 Å². The van der Waals surface area contributed by atoms with Crippen LogP contribution in [0.15, 0.2) is 54.6 Å². The molecule has 2 aliphatic rings. The summed E-state index contributed by atoms with van der Waals surface area (Å²) in [5, 5.41) is 3.54. The molecule has 0 spiro atoms. The molecule has 128 valence electrons. The number of hydrogen-bond donors (Lipinski definition) is 1. The maximum Gasteiger partial charge on any atom is 0.242 e. The van der Waals surface area contributed by atoms with E-state index in [4.69, 9.17) is 11.6 Å². The Bertz CT molecular complexity index is 791. The zero-order chi connectivity index (χ0) is 17.4. The van der Waals surface area contributed by atoms with Crippen molar-refractivity contribution in [3.63, 3.8) is 0 Å². The predicted octanol–water partition coefficient (Wildman–Crippen LogP) is 2.96. The molecule has 1 N–H and O–H groups in total. The summed E-state index contributed by atoms with van der Waals surface area (Å²) in [6.07, 6.45) is 1.61. The van der Waals surface area contributed by atoms with Crippen molar-refractivity contribution in [3.8, 4) is 0 Å². The standard InChI is InChI=1S/C20H19ClN2O2/c21-15-8-6-14(7-9-15)18(13-4-2-1-3-5-13)20(25)23-16-10-11-17(23)19(24)22-12-16/h1-9,16-18H,10-12H2,(H,22,24). The zero-order valence-electron chi connectivity index (χ0n) is 13.7. The van der Waals surface area contributed by atoms with Crippen molar-refractivity contribution in [1.29, 1.82) is 0 Å². The summed E-state index contributed by atoms with van der Waals surface area (Å²) < 4.78 is 0. The Hall–Kier alpha value is -2.33. The van der Waals surface area contributed by atoms with E-state index in [1.54, 1.807) is 12.1 Å². The minimum absolute atomic E-state index is 0.00382. The van der Waals surface area contributed by atoms with Gasteiger partial charge in [0, 0.05) is 17.6 Å². The first-order valence-corrected chi connectivity index (χ1v) is 8.93. The Morgan fingerprint density at radius 1 is 1.04 bits per heavy atom. The van der Waals surface area contributed by atoms with Crippen LogP contribution < -0.4 is 5.32 Å². The number of nitrogens with zero attached hydrogens (tertiary/aromatic N) is 1. The van der Waals surface area contributed by atoms with E-state index in [0.717, 1.165) is 24.0 Å². The first-order chi connectivity index (χ1) is 12.1. The Morgan fingerprint density at radius 2 is 1.72 bits per heavy atom. The van der Waals surface area contributed by atoms with E-state index in [-0.39, 0.29) is 23.9 Å². The van der Waals surface area contributed by atoms with Crippen LogP contribution in [0, 0.1) is 0 Å². The minimum atomic E-state index is -0.424. The van der Waals surface area contributed by atoms with Gasteiger partial charge in [0.2, 0.25) is 11.8 Å². The summed E-state index contributed by atoms with van der Waals surface area (Å²) in [7, 11) is 0. The number of halogens is 1. The molecule has 3 unspecified atom stereocenters. The van der Waals surface area contributed by atoms with Gasteiger partial charge < -0.3 is 10.2 Å². The van der Waals surface area contributed by atoms with Crippen LogP contribution in [0.4, 0.5) is 0 Å². The molecule has 2 amide bonds. The first kappa shape index (κ1) is 16.2. The molecule has 25 heavy (non-hydrogen) atoms. The average Bonchev–Trinajstić information content (AvgIpc) is 2.97. The van der Waals surface area contributed by atoms with Crippen LogP contribution in [0.1, 0.15) is 29.9 Å². The molecular formula is C20H19ClN2O2. The highest BCUT2D eigenvalue weighted by molar-refractivity contribution is 6.30. The van der Waals surface area contributed by atoms with E-state index in [0.29, 0.717) is 11.6 Å². The molecule has 2 aliphatic heterocycles. The number of carbonyl (C=O) groups is 2. The maximum atomic E-state index is 13.5. The van der Waals surface area contributed by atoms with Gasteiger partial charge >= 0.3 is 0 Å². The van der Waals surface area contributed by atoms with Gasteiger partial charge in [0.25, 0.3) is 0 Å². The van der Waals surface area contributed by atoms with Crippen LogP contribution in [-0.2, 0) is 9.59 Å². The van der Waals surface area contributed by atoms with Crippen molar-refractivity contribution >= 4 is 23.4 Å². The average molecular weight is 355 g/mol. The van der Waals surface area contributed by atoms with E-state index in [2.05, 4.69) is 5.32 Å². The monoisotopic (exact) mass is 354 g/mol. The molecule has 0 saturated carbocycles. The van der Waals surface area contributed by atoms with Gasteiger partial charge in [0.05, 0.1) is 5.92 Å². The Morgan fingerprint density at radius 3 is 2.44 bits per heavy atom. The van der Waals surface area contributed by atoms with E-state index in [1.807, 2.05) is 47.4 Å². The van der Waals surface area contributed by atoms with E-state index >= 15 is 0 Å². The van der Waals surface area contributed by atoms with Crippen LogP contribution in [-0.4, -0.2) is 35.3 Å². The van der Waals surface area contributed by atoms with Gasteiger partial charge in [-0.3, -0.25) is 9.59 Å². The smallest absolute Gasteiger partial charge is 0.242 e. The largest absolute Gasteiger partial charge is 0.352 e. The number of amides is 2. The van der Waals surface area contributed by atoms with Crippen molar-refractivity contribution in [2.45, 2.75) is 30.8 Å². The number of piperazine rings is 1. The molecule has 0 radical (unpaired) electrons. The SMILES string of the molecule is O=C1NCC2CCC1N2C(=O)C(c1ccccc1)c1ccc(Cl)cc1. The second kappa shape index (κ2) is 6.52. The van der Waals surface area contributed by atoms with Crippen LogP contribution in [0.25, 0.3) is 0 Å². The molecule has 4 rings (SSSR count). The molecule has 5 heteroatoms. The molecule has 0 aliphatic carbocycles. The molecule has 2 aromatic carbocycles. The third-order valence-corrected chi connectivity index (χ3v) is 5.41. The summed E-state index contributed by atoms with van der Waals surface area (Å²) in [5.74, 6) is -0.464. The fourth-order valence-electron chi connectivity index (χ4n) is 3.94. The minimum Gasteiger partial charge on any atom is -0.352 e. The molecule has 0 aromatic heterocycles. The van der Waals surface area contributed by atoms with Crippen LogP contribution in [0.3, 0.4) is 0 Å². The molecule has 3 atom stereocenters. The number of carbonyl (C=O) groups excluding carboxylic acids is 2. The summed E-state index contributed by atoms with van der Waals surface area (Å²) in [6, 6.07) is 16.9. The summed E-state index contributed by atoms with van der Waals surface area (Å²) in [4.78, 5) is 27.5. The van der Waals surface area contributed by atoms with E-state index in [1.165, 1.54) is 0 Å². The molecular weight excluding hydrogens is 336 g/mol. The fourth-order valence-corrected chi connectivity index (χ4v) is 4.06. The van der Waals surface area contributed by atoms with Gasteiger partial charge in [0.1, 0.15) is 6.04 Å². The van der Waals surface area contributed by atoms with E-state index in [9.17, 15) is 9.59 Å². The molecule has 2 fully saturated rings. The topological polar surface area (TPSA) is 49.4 Å². The number of benzene rings is 2. The lowest BCUT2D eigenvalue weighted by Gasteiger charge is -2.37. The Labute approximate surface area is 151 Å². The summed E-state index contributed by atoms with van der Waals surface area (Å²) in [6.45, 7) is 0.545. The van der Waals surface area contributed by atoms with Gasteiger partial charge in [-0.15, -0.1) is 0 Å². The highest BCUT2D eigenvalue weighted by Crippen LogP contribution is 2.34. The predicted molar refractivity (Wildman–Crippen MR) is 96.4 cm³/mol. The van der Waals surface area contributed by atoms with Crippen molar-refractivity contribution in [1.82, 2.24) is 10.2 Å². The third kappa shape index (κ3) is 2.91. The zero-order valence-corrected chi connectivity index (χ0v) is 14.4. The van der Waals surface area contributed by atoms with Gasteiger partial charge in [-0.25, -0.2) is 0 Å². The lowest BCUT2D eigenvalue weighted by molar-refractivity contribution is -0.143. The Kier molecular flexibility index (Phi) is 4.22. The number of fused-ring (bicyclic) bond motifs is 2. The van der Waals surface area contributed by atoms with Crippen LogP contribution in [0.2, 0.25) is 5.02 Å². The maximum absolute atomic E-state index is 13.5. The fraction of sp³-hybridized carbons (Fsp3) is 0.300. The number of hydrogen-bond acceptors (Lipinski definition) is 2. The van der Waals surface area contributed by atoms with Gasteiger partial charge in [0.15, 0.2) is 0 Å². The lowest BCUT2D eigenvalue weighted by atomic mass is 9.89. The van der Waals surface area contributed by atoms with Crippen molar-refractivity contribution < 1.29 is 9.59 Å². The van der Waals surface area contributed by atoms with Crippen molar-refractivity contribution in [3.05, 3.63) is 70.7 Å². The molecule has 2 aromatic rings. The second-order valence-corrected chi connectivity index (χ2v) is 7.07. The summed E-state index contributed by atoms with van der Waals surface area (Å²) >= 11 is 6.02. The van der Waals surface area contributed by atoms with Crippen LogP contribution in [0.5, 0.6) is 0 Å². The second-order valence-electron chi connectivity index (χ2n) is 6.63. The van der Waals surface area contributed by atoms with Crippen molar-refractivity contribution in [2.24, 2.45) is 0 Å². The Balaban J connectivity index is 1.74. The normalized spacial score (nSPS) is 23.2. The highest BCUT2D eigenvalue weighted by atomic mass is 35.5.